The average Bonchev–Trinajstić information content (AvgIpc) is 3.01. The van der Waals surface area contributed by atoms with Crippen LogP contribution in [0, 0.1) is 5.92 Å². The van der Waals surface area contributed by atoms with E-state index in [4.69, 9.17) is 4.74 Å². The molecular weight excluding hydrogens is 363 g/mol. The lowest BCUT2D eigenvalue weighted by atomic mass is 9.97. The van der Waals surface area contributed by atoms with Crippen LogP contribution in [0.4, 0.5) is 13.2 Å². The van der Waals surface area contributed by atoms with Gasteiger partial charge in [0.2, 0.25) is 11.7 Å². The van der Waals surface area contributed by atoms with Gasteiger partial charge >= 0.3 is 12.1 Å². The number of imidazole rings is 1. The first-order valence-electron chi connectivity index (χ1n) is 8.78. The summed E-state index contributed by atoms with van der Waals surface area (Å²) in [6.07, 6.45) is -3.76. The lowest BCUT2D eigenvalue weighted by Gasteiger charge is -2.31. The summed E-state index contributed by atoms with van der Waals surface area (Å²) in [5, 5.41) is 0. The zero-order valence-electron chi connectivity index (χ0n) is 14.8. The average molecular weight is 383 g/mol. The number of fused-ring (bicyclic) bond motifs is 1. The third kappa shape index (κ3) is 4.06. The molecule has 2 aromatic rings. The maximum absolute atomic E-state index is 13.3. The summed E-state index contributed by atoms with van der Waals surface area (Å²) in [4.78, 5) is 29.5. The zero-order chi connectivity index (χ0) is 19.6. The van der Waals surface area contributed by atoms with Gasteiger partial charge in [0.05, 0.1) is 23.6 Å². The molecule has 0 saturated carbocycles. The smallest absolute Gasteiger partial charge is 0.449 e. The molecule has 1 aromatic heterocycles. The fourth-order valence-corrected chi connectivity index (χ4v) is 3.31. The molecule has 1 aliphatic heterocycles. The van der Waals surface area contributed by atoms with Crippen LogP contribution >= 0.6 is 0 Å². The molecule has 3 rings (SSSR count). The maximum atomic E-state index is 13.3. The van der Waals surface area contributed by atoms with Gasteiger partial charge in [-0.3, -0.25) is 9.59 Å². The van der Waals surface area contributed by atoms with Crippen LogP contribution in [0.3, 0.4) is 0 Å². The zero-order valence-corrected chi connectivity index (χ0v) is 14.8. The third-order valence-corrected chi connectivity index (χ3v) is 4.67. The van der Waals surface area contributed by atoms with Crippen molar-refractivity contribution in [1.29, 1.82) is 0 Å². The Morgan fingerprint density at radius 3 is 2.52 bits per heavy atom. The lowest BCUT2D eigenvalue weighted by molar-refractivity contribution is -0.152. The fraction of sp³-hybridized carbons (Fsp3) is 0.500. The van der Waals surface area contributed by atoms with E-state index >= 15 is 0 Å². The second kappa shape index (κ2) is 7.58. The predicted octanol–water partition coefficient (Wildman–Crippen LogP) is 2.86. The SMILES string of the molecule is CCOC(=O)C1CCN(C(=O)Cn2c(C(F)(F)F)nc3ccccc32)CC1. The van der Waals surface area contributed by atoms with Gasteiger partial charge in [-0.25, -0.2) is 4.98 Å². The topological polar surface area (TPSA) is 64.4 Å². The number of para-hydroxylation sites is 2. The molecule has 0 atom stereocenters. The van der Waals surface area contributed by atoms with Crippen LogP contribution in [0.1, 0.15) is 25.6 Å². The molecule has 0 bridgehead atoms. The first-order valence-corrected chi connectivity index (χ1v) is 8.78. The molecule has 0 radical (unpaired) electrons. The van der Waals surface area contributed by atoms with Crippen molar-refractivity contribution in [3.05, 3.63) is 30.1 Å². The number of hydrogen-bond acceptors (Lipinski definition) is 4. The molecule has 27 heavy (non-hydrogen) atoms. The number of ether oxygens (including phenoxy) is 1. The lowest BCUT2D eigenvalue weighted by Crippen LogP contribution is -2.42. The number of alkyl halides is 3. The molecule has 0 aliphatic carbocycles. The molecular formula is C18H20F3N3O3. The molecule has 0 spiro atoms. The number of carbonyl (C=O) groups is 2. The van der Waals surface area contributed by atoms with Crippen molar-refractivity contribution >= 4 is 22.9 Å². The minimum Gasteiger partial charge on any atom is -0.466 e. The Morgan fingerprint density at radius 2 is 1.89 bits per heavy atom. The highest BCUT2D eigenvalue weighted by atomic mass is 19.4. The van der Waals surface area contributed by atoms with Crippen LogP contribution in [-0.2, 0) is 27.0 Å². The van der Waals surface area contributed by atoms with E-state index in [1.807, 2.05) is 0 Å². The minimum absolute atomic E-state index is 0.193. The molecule has 6 nitrogen and oxygen atoms in total. The first kappa shape index (κ1) is 19.2. The molecule has 1 amide bonds. The Bertz CT molecular complexity index is 839. The van der Waals surface area contributed by atoms with E-state index in [9.17, 15) is 22.8 Å². The van der Waals surface area contributed by atoms with Crippen LogP contribution in [0.25, 0.3) is 11.0 Å². The number of halogens is 3. The normalized spacial score (nSPS) is 15.9. The highest BCUT2D eigenvalue weighted by Gasteiger charge is 2.38. The number of aromatic nitrogens is 2. The van der Waals surface area contributed by atoms with E-state index in [-0.39, 0.29) is 22.9 Å². The van der Waals surface area contributed by atoms with Gasteiger partial charge in [0.1, 0.15) is 6.54 Å². The van der Waals surface area contributed by atoms with E-state index in [0.717, 1.165) is 4.57 Å². The Morgan fingerprint density at radius 1 is 1.22 bits per heavy atom. The van der Waals surface area contributed by atoms with Gasteiger partial charge in [0.25, 0.3) is 0 Å². The van der Waals surface area contributed by atoms with Crippen LogP contribution in [-0.4, -0.2) is 46.0 Å². The van der Waals surface area contributed by atoms with Crippen molar-refractivity contribution in [2.75, 3.05) is 19.7 Å². The molecule has 2 heterocycles. The number of benzene rings is 1. The Labute approximate surface area is 153 Å². The monoisotopic (exact) mass is 383 g/mol. The van der Waals surface area contributed by atoms with Crippen molar-refractivity contribution in [3.63, 3.8) is 0 Å². The van der Waals surface area contributed by atoms with Gasteiger partial charge in [-0.2, -0.15) is 13.2 Å². The van der Waals surface area contributed by atoms with Crippen molar-refractivity contribution in [2.45, 2.75) is 32.5 Å². The van der Waals surface area contributed by atoms with E-state index in [2.05, 4.69) is 4.98 Å². The van der Waals surface area contributed by atoms with Crippen LogP contribution in [0.5, 0.6) is 0 Å². The molecule has 1 fully saturated rings. The molecule has 1 aliphatic rings. The predicted molar refractivity (Wildman–Crippen MR) is 90.7 cm³/mol. The summed E-state index contributed by atoms with van der Waals surface area (Å²) in [5.41, 5.74) is 0.457. The van der Waals surface area contributed by atoms with E-state index in [1.54, 1.807) is 19.1 Å². The summed E-state index contributed by atoms with van der Waals surface area (Å²) >= 11 is 0. The minimum atomic E-state index is -4.66. The van der Waals surface area contributed by atoms with Crippen molar-refractivity contribution in [1.82, 2.24) is 14.5 Å². The summed E-state index contributed by atoms with van der Waals surface area (Å²) in [7, 11) is 0. The van der Waals surface area contributed by atoms with Gasteiger partial charge < -0.3 is 14.2 Å². The number of carbonyl (C=O) groups excluding carboxylic acids is 2. The van der Waals surface area contributed by atoms with Gasteiger partial charge in [0, 0.05) is 13.1 Å². The number of amides is 1. The molecule has 1 aromatic carbocycles. The van der Waals surface area contributed by atoms with Gasteiger partial charge in [-0.15, -0.1) is 0 Å². The molecule has 146 valence electrons. The Kier molecular flexibility index (Phi) is 5.38. The van der Waals surface area contributed by atoms with E-state index in [1.165, 1.54) is 17.0 Å². The fourth-order valence-electron chi connectivity index (χ4n) is 3.31. The van der Waals surface area contributed by atoms with Crippen LogP contribution in [0.15, 0.2) is 24.3 Å². The molecule has 0 N–H and O–H groups in total. The summed E-state index contributed by atoms with van der Waals surface area (Å²) in [6.45, 7) is 2.21. The van der Waals surface area contributed by atoms with E-state index in [0.29, 0.717) is 32.5 Å². The molecule has 9 heteroatoms. The van der Waals surface area contributed by atoms with Gasteiger partial charge in [-0.1, -0.05) is 12.1 Å². The second-order valence-corrected chi connectivity index (χ2v) is 6.42. The van der Waals surface area contributed by atoms with Crippen LogP contribution in [0.2, 0.25) is 0 Å². The summed E-state index contributed by atoms with van der Waals surface area (Å²) in [5.74, 6) is -2.07. The number of esters is 1. The van der Waals surface area contributed by atoms with E-state index < -0.39 is 24.5 Å². The Hall–Kier alpha value is -2.58. The first-order chi connectivity index (χ1) is 12.8. The van der Waals surface area contributed by atoms with Crippen molar-refractivity contribution < 1.29 is 27.5 Å². The van der Waals surface area contributed by atoms with Crippen molar-refractivity contribution in [2.24, 2.45) is 5.92 Å². The standard InChI is InChI=1S/C18H20F3N3O3/c1-2-27-16(26)12-7-9-23(10-8-12)15(25)11-24-14-6-4-3-5-13(14)22-17(24)18(19,20)21/h3-6,12H,2,7-11H2,1H3. The van der Waals surface area contributed by atoms with Gasteiger partial charge in [0.15, 0.2) is 0 Å². The van der Waals surface area contributed by atoms with Gasteiger partial charge in [-0.05, 0) is 31.9 Å². The molecule has 1 saturated heterocycles. The third-order valence-electron chi connectivity index (χ3n) is 4.67. The van der Waals surface area contributed by atoms with Crippen molar-refractivity contribution in [3.8, 4) is 0 Å². The summed E-state index contributed by atoms with van der Waals surface area (Å²) < 4.78 is 45.9. The largest absolute Gasteiger partial charge is 0.466 e. The van der Waals surface area contributed by atoms with Crippen LogP contribution < -0.4 is 0 Å². The number of hydrogen-bond donors (Lipinski definition) is 0. The number of piperidine rings is 1. The maximum Gasteiger partial charge on any atom is 0.449 e. The second-order valence-electron chi connectivity index (χ2n) is 6.42. The number of nitrogens with zero attached hydrogens (tertiary/aromatic N) is 3. The quantitative estimate of drug-likeness (QED) is 0.762. The molecule has 0 unspecified atom stereocenters. The highest BCUT2D eigenvalue weighted by Crippen LogP contribution is 2.31. The summed E-state index contributed by atoms with van der Waals surface area (Å²) in [6, 6.07) is 6.20. The highest BCUT2D eigenvalue weighted by molar-refractivity contribution is 5.81. The Balaban J connectivity index is 1.74. The number of rotatable bonds is 4. The number of likely N-dealkylation sites (tertiary alicyclic amines) is 1.